The smallest absolute Gasteiger partial charge is 0.243 e. The third-order valence-corrected chi connectivity index (χ3v) is 2.98. The lowest BCUT2D eigenvalue weighted by Gasteiger charge is -2.12. The van der Waals surface area contributed by atoms with Crippen molar-refractivity contribution in [3.63, 3.8) is 0 Å². The molecule has 0 fully saturated rings. The minimum atomic E-state index is -0.857. The van der Waals surface area contributed by atoms with Gasteiger partial charge in [0.2, 0.25) is 11.8 Å². The van der Waals surface area contributed by atoms with Crippen molar-refractivity contribution < 1.29 is 18.4 Å². The fraction of sp³-hybridized carbons (Fsp3) is 0.429. The van der Waals surface area contributed by atoms with Crippen molar-refractivity contribution in [1.29, 1.82) is 0 Å². The average molecular weight is 284 g/mol. The van der Waals surface area contributed by atoms with Crippen LogP contribution in [0.1, 0.15) is 26.7 Å². The molecule has 2 amide bonds. The lowest BCUT2D eigenvalue weighted by atomic mass is 10.0. The standard InChI is InChI=1S/C14H18F2N2O2/c1-3-9(4-2)14(20)17-8-13(19)18-12-6-5-10(15)7-11(12)16/h5-7,9H,3-4,8H2,1-2H3,(H,17,20)(H,18,19). The molecule has 0 heterocycles. The van der Waals surface area contributed by atoms with Gasteiger partial charge in [0.1, 0.15) is 11.6 Å². The summed E-state index contributed by atoms with van der Waals surface area (Å²) in [6.07, 6.45) is 1.38. The van der Waals surface area contributed by atoms with Crippen molar-refractivity contribution in [2.45, 2.75) is 26.7 Å². The van der Waals surface area contributed by atoms with Crippen LogP contribution in [0.15, 0.2) is 18.2 Å². The maximum Gasteiger partial charge on any atom is 0.243 e. The van der Waals surface area contributed by atoms with Gasteiger partial charge in [-0.2, -0.15) is 0 Å². The molecule has 1 aromatic rings. The predicted molar refractivity (Wildman–Crippen MR) is 72.1 cm³/mol. The third-order valence-electron chi connectivity index (χ3n) is 2.98. The summed E-state index contributed by atoms with van der Waals surface area (Å²) >= 11 is 0. The van der Waals surface area contributed by atoms with Gasteiger partial charge in [-0.1, -0.05) is 13.8 Å². The number of anilines is 1. The van der Waals surface area contributed by atoms with Crippen molar-refractivity contribution in [1.82, 2.24) is 5.32 Å². The number of halogens is 2. The largest absolute Gasteiger partial charge is 0.347 e. The third kappa shape index (κ3) is 4.60. The molecule has 0 atom stereocenters. The molecule has 4 nitrogen and oxygen atoms in total. The van der Waals surface area contributed by atoms with Crippen molar-refractivity contribution >= 4 is 17.5 Å². The first-order valence-electron chi connectivity index (χ1n) is 6.50. The fourth-order valence-corrected chi connectivity index (χ4v) is 1.76. The number of carbonyl (C=O) groups is 2. The molecule has 2 N–H and O–H groups in total. The van der Waals surface area contributed by atoms with Gasteiger partial charge in [0, 0.05) is 12.0 Å². The van der Waals surface area contributed by atoms with Gasteiger partial charge in [0.15, 0.2) is 0 Å². The van der Waals surface area contributed by atoms with Gasteiger partial charge in [0.25, 0.3) is 0 Å². The summed E-state index contributed by atoms with van der Waals surface area (Å²) in [6.45, 7) is 3.54. The minimum Gasteiger partial charge on any atom is -0.347 e. The fourth-order valence-electron chi connectivity index (χ4n) is 1.76. The van der Waals surface area contributed by atoms with Gasteiger partial charge in [-0.15, -0.1) is 0 Å². The molecule has 0 radical (unpaired) electrons. The number of hydrogen-bond acceptors (Lipinski definition) is 2. The van der Waals surface area contributed by atoms with Crippen LogP contribution in [0.3, 0.4) is 0 Å². The molecule has 0 aliphatic rings. The van der Waals surface area contributed by atoms with Crippen molar-refractivity contribution in [2.24, 2.45) is 5.92 Å². The van der Waals surface area contributed by atoms with E-state index in [2.05, 4.69) is 10.6 Å². The monoisotopic (exact) mass is 284 g/mol. The average Bonchev–Trinajstić information content (AvgIpc) is 2.41. The SMILES string of the molecule is CCC(CC)C(=O)NCC(=O)Nc1ccc(F)cc1F. The summed E-state index contributed by atoms with van der Waals surface area (Å²) in [7, 11) is 0. The van der Waals surface area contributed by atoms with E-state index in [-0.39, 0.29) is 24.1 Å². The quantitative estimate of drug-likeness (QED) is 0.843. The van der Waals surface area contributed by atoms with Crippen LogP contribution in [0.25, 0.3) is 0 Å². The summed E-state index contributed by atoms with van der Waals surface area (Å²) in [5.74, 6) is -2.47. The normalized spacial score (nSPS) is 10.4. The summed E-state index contributed by atoms with van der Waals surface area (Å²) < 4.78 is 26.0. The maximum atomic E-state index is 13.3. The first kappa shape index (κ1) is 16.1. The van der Waals surface area contributed by atoms with Crippen molar-refractivity contribution in [2.75, 3.05) is 11.9 Å². The zero-order valence-electron chi connectivity index (χ0n) is 11.5. The van der Waals surface area contributed by atoms with Gasteiger partial charge in [0.05, 0.1) is 12.2 Å². The van der Waals surface area contributed by atoms with Crippen LogP contribution in [-0.2, 0) is 9.59 Å². The Morgan fingerprint density at radius 3 is 2.40 bits per heavy atom. The van der Waals surface area contributed by atoms with E-state index in [1.54, 1.807) is 0 Å². The number of rotatable bonds is 6. The molecule has 0 unspecified atom stereocenters. The molecule has 0 aliphatic heterocycles. The Kier molecular flexibility index (Phi) is 6.09. The molecule has 6 heteroatoms. The highest BCUT2D eigenvalue weighted by Gasteiger charge is 2.15. The Morgan fingerprint density at radius 2 is 1.85 bits per heavy atom. The number of carbonyl (C=O) groups excluding carboxylic acids is 2. The molecular weight excluding hydrogens is 266 g/mol. The number of benzene rings is 1. The highest BCUT2D eigenvalue weighted by Crippen LogP contribution is 2.14. The zero-order valence-corrected chi connectivity index (χ0v) is 11.5. The second-order valence-corrected chi connectivity index (χ2v) is 4.40. The predicted octanol–water partition coefficient (Wildman–Crippen LogP) is 2.46. The summed E-state index contributed by atoms with van der Waals surface area (Å²) in [4.78, 5) is 23.2. The topological polar surface area (TPSA) is 58.2 Å². The molecule has 0 saturated carbocycles. The van der Waals surface area contributed by atoms with Gasteiger partial charge in [-0.25, -0.2) is 8.78 Å². The number of amides is 2. The second kappa shape index (κ2) is 7.57. The van der Waals surface area contributed by atoms with Crippen LogP contribution in [0.2, 0.25) is 0 Å². The Morgan fingerprint density at radius 1 is 1.20 bits per heavy atom. The van der Waals surface area contributed by atoms with Gasteiger partial charge >= 0.3 is 0 Å². The Hall–Kier alpha value is -1.98. The van der Waals surface area contributed by atoms with E-state index in [1.165, 1.54) is 0 Å². The van der Waals surface area contributed by atoms with E-state index >= 15 is 0 Å². The number of hydrogen-bond donors (Lipinski definition) is 2. The van der Waals surface area contributed by atoms with Crippen LogP contribution in [0.4, 0.5) is 14.5 Å². The van der Waals surface area contributed by atoms with E-state index < -0.39 is 17.5 Å². The molecule has 0 bridgehead atoms. The molecule has 1 aromatic carbocycles. The van der Waals surface area contributed by atoms with E-state index in [0.29, 0.717) is 18.9 Å². The summed E-state index contributed by atoms with van der Waals surface area (Å²) in [5, 5.41) is 4.76. The van der Waals surface area contributed by atoms with E-state index in [1.807, 2.05) is 13.8 Å². The van der Waals surface area contributed by atoms with Crippen LogP contribution < -0.4 is 10.6 Å². The first-order valence-corrected chi connectivity index (χ1v) is 6.50. The summed E-state index contributed by atoms with van der Waals surface area (Å²) in [5.41, 5.74) is -0.117. The molecule has 0 saturated heterocycles. The molecule has 0 spiro atoms. The maximum absolute atomic E-state index is 13.3. The van der Waals surface area contributed by atoms with Crippen molar-refractivity contribution in [3.8, 4) is 0 Å². The Labute approximate surface area is 116 Å². The van der Waals surface area contributed by atoms with Gasteiger partial charge in [-0.05, 0) is 25.0 Å². The van der Waals surface area contributed by atoms with Crippen molar-refractivity contribution in [3.05, 3.63) is 29.8 Å². The molecule has 0 aliphatic carbocycles. The minimum absolute atomic E-state index is 0.117. The highest BCUT2D eigenvalue weighted by atomic mass is 19.1. The lowest BCUT2D eigenvalue weighted by molar-refractivity contribution is -0.127. The molecule has 110 valence electrons. The highest BCUT2D eigenvalue weighted by molar-refractivity contribution is 5.94. The van der Waals surface area contributed by atoms with Crippen LogP contribution in [0.5, 0.6) is 0 Å². The van der Waals surface area contributed by atoms with Gasteiger partial charge in [-0.3, -0.25) is 9.59 Å². The zero-order chi connectivity index (χ0) is 15.1. The van der Waals surface area contributed by atoms with E-state index in [9.17, 15) is 18.4 Å². The summed E-state index contributed by atoms with van der Waals surface area (Å²) in [6, 6.07) is 2.85. The molecule has 20 heavy (non-hydrogen) atoms. The molecule has 0 aromatic heterocycles. The second-order valence-electron chi connectivity index (χ2n) is 4.40. The molecular formula is C14H18F2N2O2. The van der Waals surface area contributed by atoms with Crippen LogP contribution in [0, 0.1) is 17.6 Å². The Bertz CT molecular complexity index is 488. The Balaban J connectivity index is 2.50. The first-order chi connectivity index (χ1) is 9.47. The number of nitrogens with one attached hydrogen (secondary N) is 2. The lowest BCUT2D eigenvalue weighted by Crippen LogP contribution is -2.36. The van der Waals surface area contributed by atoms with Gasteiger partial charge < -0.3 is 10.6 Å². The van der Waals surface area contributed by atoms with Crippen LogP contribution in [-0.4, -0.2) is 18.4 Å². The van der Waals surface area contributed by atoms with E-state index in [0.717, 1.165) is 12.1 Å². The van der Waals surface area contributed by atoms with Crippen LogP contribution >= 0.6 is 0 Å². The molecule has 1 rings (SSSR count). The van der Waals surface area contributed by atoms with E-state index in [4.69, 9.17) is 0 Å².